The lowest BCUT2D eigenvalue weighted by atomic mass is 10.1. The van der Waals surface area contributed by atoms with Crippen LogP contribution in [0, 0.1) is 0 Å². The summed E-state index contributed by atoms with van der Waals surface area (Å²) in [6.45, 7) is 4.78. The lowest BCUT2D eigenvalue weighted by molar-refractivity contribution is 0.0527. The topological polar surface area (TPSA) is 51.4 Å². The fraction of sp³-hybridized carbons (Fsp3) is 0.583. The minimum absolute atomic E-state index is 0.332. The number of nitrogens with zero attached hydrogens (tertiary/aromatic N) is 2. The summed E-state index contributed by atoms with van der Waals surface area (Å²) in [6.07, 6.45) is 4.35. The van der Waals surface area contributed by atoms with Crippen molar-refractivity contribution in [1.29, 1.82) is 0 Å². The first-order chi connectivity index (χ1) is 7.81. The van der Waals surface area contributed by atoms with Crippen LogP contribution in [0.25, 0.3) is 0 Å². The van der Waals surface area contributed by atoms with Gasteiger partial charge in [-0.1, -0.05) is 0 Å². The third kappa shape index (κ3) is 2.44. The number of aromatic nitrogens is 1. The maximum Gasteiger partial charge on any atom is 0.146 e. The van der Waals surface area contributed by atoms with Crippen LogP contribution in [0.2, 0.25) is 0 Å². The zero-order chi connectivity index (χ0) is 11.4. The van der Waals surface area contributed by atoms with E-state index in [4.69, 9.17) is 10.5 Å². The van der Waals surface area contributed by atoms with Crippen LogP contribution in [0.4, 0.5) is 11.5 Å². The van der Waals surface area contributed by atoms with Gasteiger partial charge in [-0.3, -0.25) is 0 Å². The van der Waals surface area contributed by atoms with E-state index in [9.17, 15) is 0 Å². The van der Waals surface area contributed by atoms with Gasteiger partial charge in [0.1, 0.15) is 5.82 Å². The molecule has 88 valence electrons. The number of pyridine rings is 1. The molecule has 0 radical (unpaired) electrons. The van der Waals surface area contributed by atoms with Crippen molar-refractivity contribution in [3.63, 3.8) is 0 Å². The van der Waals surface area contributed by atoms with E-state index in [1.165, 1.54) is 0 Å². The van der Waals surface area contributed by atoms with Crippen LogP contribution in [-0.4, -0.2) is 30.8 Å². The maximum atomic E-state index is 5.88. The summed E-state index contributed by atoms with van der Waals surface area (Å²) in [6, 6.07) is 3.95. The van der Waals surface area contributed by atoms with Gasteiger partial charge in [0.2, 0.25) is 0 Å². The molecule has 2 N–H and O–H groups in total. The molecule has 1 aromatic rings. The van der Waals surface area contributed by atoms with E-state index in [2.05, 4.69) is 9.88 Å². The lowest BCUT2D eigenvalue weighted by Gasteiger charge is -2.34. The van der Waals surface area contributed by atoms with E-state index in [1.54, 1.807) is 6.20 Å². The van der Waals surface area contributed by atoms with Gasteiger partial charge >= 0.3 is 0 Å². The van der Waals surface area contributed by atoms with Crippen LogP contribution in [0.5, 0.6) is 0 Å². The van der Waals surface area contributed by atoms with E-state index in [1.807, 2.05) is 19.1 Å². The molecule has 0 saturated carbocycles. The lowest BCUT2D eigenvalue weighted by Crippen LogP contribution is -2.40. The fourth-order valence-corrected chi connectivity index (χ4v) is 2.21. The molecule has 1 unspecified atom stereocenters. The fourth-order valence-electron chi connectivity index (χ4n) is 2.21. The highest BCUT2D eigenvalue weighted by atomic mass is 16.5. The Balaban J connectivity index is 2.07. The van der Waals surface area contributed by atoms with Crippen LogP contribution < -0.4 is 10.6 Å². The summed E-state index contributed by atoms with van der Waals surface area (Å²) >= 11 is 0. The van der Waals surface area contributed by atoms with E-state index < -0.39 is 0 Å². The second-order valence-electron chi connectivity index (χ2n) is 4.07. The molecule has 4 heteroatoms. The molecule has 1 aliphatic rings. The molecule has 1 saturated heterocycles. The SMILES string of the molecule is CCOC1CCCN(c2cccnc2N)C1. The Bertz CT molecular complexity index is 341. The number of nitrogens with two attached hydrogens (primary N) is 1. The first-order valence-corrected chi connectivity index (χ1v) is 5.88. The second kappa shape index (κ2) is 5.16. The molecular formula is C12H19N3O. The molecule has 0 aliphatic carbocycles. The van der Waals surface area contributed by atoms with Crippen molar-refractivity contribution in [1.82, 2.24) is 4.98 Å². The summed E-state index contributed by atoms with van der Waals surface area (Å²) in [4.78, 5) is 6.39. The van der Waals surface area contributed by atoms with E-state index in [0.717, 1.165) is 38.2 Å². The summed E-state index contributed by atoms with van der Waals surface area (Å²) < 4.78 is 5.67. The van der Waals surface area contributed by atoms with E-state index in [-0.39, 0.29) is 0 Å². The van der Waals surface area contributed by atoms with Gasteiger partial charge in [0, 0.05) is 25.9 Å². The number of ether oxygens (including phenoxy) is 1. The molecular weight excluding hydrogens is 202 g/mol. The van der Waals surface area contributed by atoms with Gasteiger partial charge in [0.05, 0.1) is 11.8 Å². The van der Waals surface area contributed by atoms with Crippen molar-refractivity contribution in [2.24, 2.45) is 0 Å². The second-order valence-corrected chi connectivity index (χ2v) is 4.07. The molecule has 1 atom stereocenters. The van der Waals surface area contributed by atoms with Gasteiger partial charge in [-0.05, 0) is 31.9 Å². The molecule has 16 heavy (non-hydrogen) atoms. The van der Waals surface area contributed by atoms with Gasteiger partial charge in [0.25, 0.3) is 0 Å². The summed E-state index contributed by atoms with van der Waals surface area (Å²) in [5.41, 5.74) is 6.91. The average Bonchev–Trinajstić information content (AvgIpc) is 2.30. The molecule has 0 aromatic carbocycles. The highest BCUT2D eigenvalue weighted by Gasteiger charge is 2.21. The van der Waals surface area contributed by atoms with Crippen LogP contribution in [0.15, 0.2) is 18.3 Å². The zero-order valence-corrected chi connectivity index (χ0v) is 9.72. The molecule has 1 aliphatic heterocycles. The number of hydrogen-bond acceptors (Lipinski definition) is 4. The van der Waals surface area contributed by atoms with Crippen molar-refractivity contribution < 1.29 is 4.74 Å². The zero-order valence-electron chi connectivity index (χ0n) is 9.72. The Hall–Kier alpha value is -1.29. The summed E-state index contributed by atoms with van der Waals surface area (Å²) in [5, 5.41) is 0. The van der Waals surface area contributed by atoms with Crippen molar-refractivity contribution in [3.05, 3.63) is 18.3 Å². The quantitative estimate of drug-likeness (QED) is 0.843. The molecule has 1 aromatic heterocycles. The largest absolute Gasteiger partial charge is 0.382 e. The Morgan fingerprint density at radius 2 is 2.50 bits per heavy atom. The minimum Gasteiger partial charge on any atom is -0.382 e. The molecule has 2 heterocycles. The number of nitrogen functional groups attached to an aromatic ring is 1. The van der Waals surface area contributed by atoms with Gasteiger partial charge in [-0.25, -0.2) is 4.98 Å². The smallest absolute Gasteiger partial charge is 0.146 e. The monoisotopic (exact) mass is 221 g/mol. The predicted octanol–water partition coefficient (Wildman–Crippen LogP) is 1.67. The first-order valence-electron chi connectivity index (χ1n) is 5.88. The number of piperidine rings is 1. The Morgan fingerprint density at radius 1 is 1.62 bits per heavy atom. The first kappa shape index (κ1) is 11.2. The Kier molecular flexibility index (Phi) is 3.62. The van der Waals surface area contributed by atoms with Crippen LogP contribution >= 0.6 is 0 Å². The van der Waals surface area contributed by atoms with Crippen LogP contribution in [0.3, 0.4) is 0 Å². The summed E-state index contributed by atoms with van der Waals surface area (Å²) in [5.74, 6) is 0.611. The van der Waals surface area contributed by atoms with Crippen molar-refractivity contribution in [2.75, 3.05) is 30.3 Å². The van der Waals surface area contributed by atoms with Crippen molar-refractivity contribution in [2.45, 2.75) is 25.9 Å². The Morgan fingerprint density at radius 3 is 3.25 bits per heavy atom. The molecule has 2 rings (SSSR count). The van der Waals surface area contributed by atoms with Gasteiger partial charge in [-0.15, -0.1) is 0 Å². The number of rotatable bonds is 3. The molecule has 4 nitrogen and oxygen atoms in total. The molecule has 1 fully saturated rings. The van der Waals surface area contributed by atoms with E-state index >= 15 is 0 Å². The molecule has 0 amide bonds. The van der Waals surface area contributed by atoms with Gasteiger partial charge in [0.15, 0.2) is 0 Å². The van der Waals surface area contributed by atoms with Crippen molar-refractivity contribution >= 4 is 11.5 Å². The average molecular weight is 221 g/mol. The third-order valence-electron chi connectivity index (χ3n) is 2.94. The number of hydrogen-bond donors (Lipinski definition) is 1. The minimum atomic E-state index is 0.332. The van der Waals surface area contributed by atoms with Gasteiger partial charge in [-0.2, -0.15) is 0 Å². The van der Waals surface area contributed by atoms with Gasteiger partial charge < -0.3 is 15.4 Å². The standard InChI is InChI=1S/C12H19N3O/c1-2-16-10-5-4-8-15(9-10)11-6-3-7-14-12(11)13/h3,6-7,10H,2,4-5,8-9H2,1H3,(H2,13,14). The van der Waals surface area contributed by atoms with Crippen molar-refractivity contribution in [3.8, 4) is 0 Å². The normalized spacial score (nSPS) is 21.1. The van der Waals surface area contributed by atoms with Crippen LogP contribution in [0.1, 0.15) is 19.8 Å². The van der Waals surface area contributed by atoms with E-state index in [0.29, 0.717) is 11.9 Å². The summed E-state index contributed by atoms with van der Waals surface area (Å²) in [7, 11) is 0. The highest BCUT2D eigenvalue weighted by Crippen LogP contribution is 2.24. The maximum absolute atomic E-state index is 5.88. The molecule has 0 bridgehead atoms. The van der Waals surface area contributed by atoms with Crippen LogP contribution in [-0.2, 0) is 4.74 Å². The predicted molar refractivity (Wildman–Crippen MR) is 65.5 cm³/mol. The Labute approximate surface area is 96.4 Å². The third-order valence-corrected chi connectivity index (χ3v) is 2.94. The number of anilines is 2. The highest BCUT2D eigenvalue weighted by molar-refractivity contribution is 5.63. The molecule has 0 spiro atoms.